The van der Waals surface area contributed by atoms with Crippen LogP contribution in [0.3, 0.4) is 0 Å². The first-order valence-corrected chi connectivity index (χ1v) is 9.80. The molecule has 7 nitrogen and oxygen atoms in total. The number of carbonyl (C=O) groups is 1. The number of ether oxygens (including phenoxy) is 4. The second-order valence-corrected chi connectivity index (χ2v) is 7.14. The lowest BCUT2D eigenvalue weighted by molar-refractivity contribution is 0.0638. The molecule has 1 fully saturated rings. The Hall–Kier alpha value is -2.93. The molecule has 2 aromatic rings. The summed E-state index contributed by atoms with van der Waals surface area (Å²) in [5.41, 5.74) is 1.86. The van der Waals surface area contributed by atoms with Crippen molar-refractivity contribution in [2.45, 2.75) is 6.42 Å². The van der Waals surface area contributed by atoms with E-state index in [1.165, 1.54) is 5.56 Å². The fourth-order valence-corrected chi connectivity index (χ4v) is 3.71. The number of benzene rings is 2. The van der Waals surface area contributed by atoms with Crippen LogP contribution in [0.25, 0.3) is 0 Å². The number of amides is 1. The number of rotatable bonds is 6. The quantitative estimate of drug-likeness (QED) is 0.745. The molecule has 0 aromatic heterocycles. The van der Waals surface area contributed by atoms with E-state index in [1.54, 1.807) is 32.4 Å². The molecule has 0 unspecified atom stereocenters. The number of nitrogens with zero attached hydrogens (tertiary/aromatic N) is 2. The smallest absolute Gasteiger partial charge is 0.254 e. The van der Waals surface area contributed by atoms with E-state index in [4.69, 9.17) is 18.9 Å². The predicted octanol–water partition coefficient (Wildman–Crippen LogP) is 2.43. The lowest BCUT2D eigenvalue weighted by Gasteiger charge is -2.34. The molecule has 0 bridgehead atoms. The zero-order valence-electron chi connectivity index (χ0n) is 16.8. The highest BCUT2D eigenvalue weighted by Crippen LogP contribution is 2.33. The van der Waals surface area contributed by atoms with Gasteiger partial charge in [-0.15, -0.1) is 0 Å². The summed E-state index contributed by atoms with van der Waals surface area (Å²) in [6, 6.07) is 11.4. The highest BCUT2D eigenvalue weighted by molar-refractivity contribution is 5.95. The van der Waals surface area contributed by atoms with E-state index in [9.17, 15) is 4.79 Å². The van der Waals surface area contributed by atoms with Crippen molar-refractivity contribution in [2.24, 2.45) is 0 Å². The molecule has 4 rings (SSSR count). The van der Waals surface area contributed by atoms with Gasteiger partial charge in [-0.2, -0.15) is 0 Å². The molecule has 2 heterocycles. The first-order valence-electron chi connectivity index (χ1n) is 9.80. The lowest BCUT2D eigenvalue weighted by atomic mass is 10.1. The minimum absolute atomic E-state index is 0.0443. The third-order valence-electron chi connectivity index (χ3n) is 5.44. The average molecular weight is 398 g/mol. The van der Waals surface area contributed by atoms with E-state index in [0.29, 0.717) is 17.1 Å². The molecule has 7 heteroatoms. The topological polar surface area (TPSA) is 60.5 Å². The average Bonchev–Trinajstić information content (AvgIpc) is 3.25. The molecule has 2 aliphatic heterocycles. The Bertz CT molecular complexity index is 878. The van der Waals surface area contributed by atoms with Crippen LogP contribution in [0.1, 0.15) is 15.9 Å². The van der Waals surface area contributed by atoms with Gasteiger partial charge in [-0.25, -0.2) is 0 Å². The molecule has 154 valence electrons. The highest BCUT2D eigenvalue weighted by Gasteiger charge is 2.24. The third kappa shape index (κ3) is 4.24. The van der Waals surface area contributed by atoms with Crippen LogP contribution in [-0.4, -0.2) is 69.4 Å². The van der Waals surface area contributed by atoms with Crippen molar-refractivity contribution in [1.29, 1.82) is 0 Å². The fraction of sp³-hybridized carbons (Fsp3) is 0.409. The van der Waals surface area contributed by atoms with Crippen molar-refractivity contribution in [3.63, 3.8) is 0 Å². The summed E-state index contributed by atoms with van der Waals surface area (Å²) in [5, 5.41) is 0. The molecule has 0 aliphatic carbocycles. The van der Waals surface area contributed by atoms with Crippen LogP contribution in [0.5, 0.6) is 23.0 Å². The minimum atomic E-state index is 0.0443. The van der Waals surface area contributed by atoms with Gasteiger partial charge in [-0.05, 0) is 42.3 Å². The van der Waals surface area contributed by atoms with E-state index in [-0.39, 0.29) is 12.7 Å². The van der Waals surface area contributed by atoms with Gasteiger partial charge in [-0.1, -0.05) is 6.07 Å². The summed E-state index contributed by atoms with van der Waals surface area (Å²) in [5.74, 6) is 2.88. The van der Waals surface area contributed by atoms with Gasteiger partial charge >= 0.3 is 0 Å². The highest BCUT2D eigenvalue weighted by atomic mass is 16.7. The molecule has 0 atom stereocenters. The molecular weight excluding hydrogens is 372 g/mol. The van der Waals surface area contributed by atoms with Gasteiger partial charge in [0, 0.05) is 38.3 Å². The Morgan fingerprint density at radius 3 is 2.45 bits per heavy atom. The predicted molar refractivity (Wildman–Crippen MR) is 108 cm³/mol. The standard InChI is InChI=1S/C22H26N2O5/c1-26-18-5-3-16(13-20(18)27-2)7-8-23-9-11-24(12-10-23)22(25)17-4-6-19-21(14-17)29-15-28-19/h3-6,13-14H,7-12,15H2,1-2H3. The number of fused-ring (bicyclic) bond motifs is 1. The van der Waals surface area contributed by atoms with Crippen molar-refractivity contribution in [1.82, 2.24) is 9.80 Å². The monoisotopic (exact) mass is 398 g/mol. The third-order valence-corrected chi connectivity index (χ3v) is 5.44. The Morgan fingerprint density at radius 2 is 1.69 bits per heavy atom. The maximum Gasteiger partial charge on any atom is 0.254 e. The Morgan fingerprint density at radius 1 is 0.931 bits per heavy atom. The molecule has 1 saturated heterocycles. The lowest BCUT2D eigenvalue weighted by Crippen LogP contribution is -2.49. The first kappa shape index (κ1) is 19.4. The van der Waals surface area contributed by atoms with Crippen LogP contribution in [0, 0.1) is 0 Å². The van der Waals surface area contributed by atoms with E-state index < -0.39 is 0 Å². The van der Waals surface area contributed by atoms with Gasteiger partial charge in [-0.3, -0.25) is 9.69 Å². The summed E-state index contributed by atoms with van der Waals surface area (Å²) >= 11 is 0. The normalized spacial score (nSPS) is 16.0. The van der Waals surface area contributed by atoms with Crippen LogP contribution in [0.4, 0.5) is 0 Å². The Kier molecular flexibility index (Phi) is 5.76. The zero-order chi connectivity index (χ0) is 20.2. The van der Waals surface area contributed by atoms with Gasteiger partial charge < -0.3 is 23.8 Å². The molecule has 0 saturated carbocycles. The number of carbonyl (C=O) groups excluding carboxylic acids is 1. The molecule has 0 radical (unpaired) electrons. The number of hydrogen-bond donors (Lipinski definition) is 0. The van der Waals surface area contributed by atoms with Crippen LogP contribution < -0.4 is 18.9 Å². The van der Waals surface area contributed by atoms with Crippen molar-refractivity contribution in [3.8, 4) is 23.0 Å². The van der Waals surface area contributed by atoms with E-state index in [1.807, 2.05) is 17.0 Å². The van der Waals surface area contributed by atoms with Gasteiger partial charge in [0.15, 0.2) is 23.0 Å². The molecule has 2 aromatic carbocycles. The summed E-state index contributed by atoms with van der Waals surface area (Å²) in [4.78, 5) is 17.1. The molecule has 2 aliphatic rings. The second-order valence-electron chi connectivity index (χ2n) is 7.14. The van der Waals surface area contributed by atoms with E-state index in [0.717, 1.165) is 50.6 Å². The SMILES string of the molecule is COc1ccc(CCN2CCN(C(=O)c3ccc4c(c3)OCO4)CC2)cc1OC. The number of piperazine rings is 1. The van der Waals surface area contributed by atoms with Crippen LogP contribution in [-0.2, 0) is 6.42 Å². The number of hydrogen-bond acceptors (Lipinski definition) is 6. The van der Waals surface area contributed by atoms with Gasteiger partial charge in [0.25, 0.3) is 5.91 Å². The largest absolute Gasteiger partial charge is 0.493 e. The Balaban J connectivity index is 1.29. The molecule has 0 N–H and O–H groups in total. The number of methoxy groups -OCH3 is 2. The van der Waals surface area contributed by atoms with Crippen molar-refractivity contribution >= 4 is 5.91 Å². The van der Waals surface area contributed by atoms with Crippen molar-refractivity contribution < 1.29 is 23.7 Å². The summed E-state index contributed by atoms with van der Waals surface area (Å²) in [6.45, 7) is 4.33. The second kappa shape index (κ2) is 8.61. The summed E-state index contributed by atoms with van der Waals surface area (Å²) < 4.78 is 21.4. The van der Waals surface area contributed by atoms with Crippen LogP contribution in [0.2, 0.25) is 0 Å². The van der Waals surface area contributed by atoms with Crippen LogP contribution >= 0.6 is 0 Å². The maximum atomic E-state index is 12.8. The van der Waals surface area contributed by atoms with Crippen molar-refractivity contribution in [3.05, 3.63) is 47.5 Å². The van der Waals surface area contributed by atoms with Gasteiger partial charge in [0.2, 0.25) is 6.79 Å². The summed E-state index contributed by atoms with van der Waals surface area (Å²) in [7, 11) is 3.29. The molecule has 1 amide bonds. The van der Waals surface area contributed by atoms with E-state index in [2.05, 4.69) is 11.0 Å². The van der Waals surface area contributed by atoms with Gasteiger partial charge in [0.05, 0.1) is 14.2 Å². The molecular formula is C22H26N2O5. The van der Waals surface area contributed by atoms with Gasteiger partial charge in [0.1, 0.15) is 0 Å². The Labute approximate surface area is 170 Å². The van der Waals surface area contributed by atoms with E-state index >= 15 is 0 Å². The zero-order valence-corrected chi connectivity index (χ0v) is 16.8. The molecule has 29 heavy (non-hydrogen) atoms. The van der Waals surface area contributed by atoms with Crippen molar-refractivity contribution in [2.75, 3.05) is 53.7 Å². The first-order chi connectivity index (χ1) is 14.2. The van der Waals surface area contributed by atoms with Crippen LogP contribution in [0.15, 0.2) is 36.4 Å². The summed E-state index contributed by atoms with van der Waals surface area (Å²) in [6.07, 6.45) is 0.927. The fourth-order valence-electron chi connectivity index (χ4n) is 3.71. The minimum Gasteiger partial charge on any atom is -0.493 e. The maximum absolute atomic E-state index is 12.8. The molecule has 0 spiro atoms.